The van der Waals surface area contributed by atoms with E-state index in [1.807, 2.05) is 0 Å². The Morgan fingerprint density at radius 3 is 1.31 bits per heavy atom. The van der Waals surface area contributed by atoms with Gasteiger partial charge < -0.3 is 9.80 Å². The van der Waals surface area contributed by atoms with Crippen LogP contribution in [0.3, 0.4) is 0 Å². The van der Waals surface area contributed by atoms with Crippen LogP contribution in [-0.2, 0) is 48.7 Å². The highest BCUT2D eigenvalue weighted by Gasteiger charge is 2.52. The average molecular weight is 971 g/mol. The molecule has 72 heavy (non-hydrogen) atoms. The molecule has 0 saturated heterocycles. The van der Waals surface area contributed by atoms with Gasteiger partial charge in [-0.15, -0.1) is 11.3 Å². The molecular weight excluding hydrogens is 888 g/mol. The summed E-state index contributed by atoms with van der Waals surface area (Å²) >= 11 is 2.09. The Bertz CT molecular complexity index is 3350. The van der Waals surface area contributed by atoms with Crippen molar-refractivity contribution in [3.63, 3.8) is 0 Å². The topological polar surface area (TPSA) is 6.48 Å². The predicted octanol–water partition coefficient (Wildman–Crippen LogP) is 17.4. The molecule has 0 spiro atoms. The summed E-state index contributed by atoms with van der Waals surface area (Å²) in [7, 11) is 0. The molecule has 4 heteroatoms. The Labute approximate surface area is 438 Å². The molecule has 8 aliphatic rings. The van der Waals surface area contributed by atoms with Crippen molar-refractivity contribution in [1.82, 2.24) is 0 Å². The summed E-state index contributed by atoms with van der Waals surface area (Å²) in [6.07, 6.45) is 12.4. The molecule has 1 fully saturated rings. The first kappa shape index (κ1) is 47.4. The van der Waals surface area contributed by atoms with Gasteiger partial charge in [0.1, 0.15) is 0 Å². The number of hydrogen-bond acceptors (Lipinski definition) is 3. The average Bonchev–Trinajstić information content (AvgIpc) is 3.68. The van der Waals surface area contributed by atoms with E-state index in [9.17, 15) is 0 Å². The normalized spacial score (nSPS) is 26.0. The predicted molar refractivity (Wildman–Crippen MR) is 314 cm³/mol. The van der Waals surface area contributed by atoms with E-state index in [0.29, 0.717) is 0 Å². The van der Waals surface area contributed by atoms with Gasteiger partial charge in [0.05, 0.1) is 5.00 Å². The standard InChI is InChI=1S/C68H83BN2S/c1-60(2,3)40-32-54-58-55(33-40)71(42-19-21-45-47(35-42)64(10,11)25-23-62(45,6)7)59-57(43-36-50-51(39-56(43)72-59)68(17)30-28-67(50,16)29-31-68)69(58)52-37-48-49(66(14,15)27-26-65(48,12)13)38-53(52)70(54)41-18-20-44-46(34-41)63(8,9)24-22-61(44,4)5/h18-21,32-39H,22-31H2,1-17H3. The van der Waals surface area contributed by atoms with Gasteiger partial charge >= 0.3 is 0 Å². The third kappa shape index (κ3) is 6.44. The van der Waals surface area contributed by atoms with E-state index in [1.165, 1.54) is 158 Å². The van der Waals surface area contributed by atoms with Crippen LogP contribution >= 0.6 is 11.3 Å². The van der Waals surface area contributed by atoms with E-state index in [-0.39, 0.29) is 55.4 Å². The van der Waals surface area contributed by atoms with Gasteiger partial charge in [-0.05, 0) is 239 Å². The largest absolute Gasteiger partial charge is 0.311 e. The van der Waals surface area contributed by atoms with Crippen LogP contribution in [0.15, 0.2) is 72.8 Å². The van der Waals surface area contributed by atoms with E-state index in [1.54, 1.807) is 16.7 Å². The zero-order valence-corrected chi connectivity index (χ0v) is 48.2. The Balaban J connectivity index is 1.19. The number of fused-ring (bicyclic) bond motifs is 11. The van der Waals surface area contributed by atoms with Crippen LogP contribution < -0.4 is 26.2 Å². The molecule has 6 aromatic rings. The van der Waals surface area contributed by atoms with E-state index in [4.69, 9.17) is 0 Å². The monoisotopic (exact) mass is 971 g/mol. The molecule has 1 saturated carbocycles. The molecule has 1 aromatic heterocycles. The summed E-state index contributed by atoms with van der Waals surface area (Å²) < 4.78 is 1.47. The second-order valence-corrected chi connectivity index (χ2v) is 31.4. The van der Waals surface area contributed by atoms with Crippen molar-refractivity contribution in [1.29, 1.82) is 0 Å². The summed E-state index contributed by atoms with van der Waals surface area (Å²) in [5.74, 6) is 0. The van der Waals surface area contributed by atoms with Gasteiger partial charge in [0.2, 0.25) is 0 Å². The highest BCUT2D eigenvalue weighted by Crippen LogP contribution is 2.60. The zero-order chi connectivity index (χ0) is 51.0. The van der Waals surface area contributed by atoms with Gasteiger partial charge in [-0.2, -0.15) is 0 Å². The van der Waals surface area contributed by atoms with Gasteiger partial charge in [0, 0.05) is 33.1 Å². The summed E-state index contributed by atoms with van der Waals surface area (Å²) in [5.41, 5.74) is 26.0. The first-order valence-corrected chi connectivity index (χ1v) is 29.2. The molecule has 0 amide bonds. The lowest BCUT2D eigenvalue weighted by Crippen LogP contribution is -2.61. The van der Waals surface area contributed by atoms with Crippen LogP contribution in [-0.4, -0.2) is 6.71 Å². The van der Waals surface area contributed by atoms with E-state index in [0.717, 1.165) is 0 Å². The lowest BCUT2D eigenvalue weighted by atomic mass is 9.33. The Hall–Kier alpha value is -4.28. The second kappa shape index (κ2) is 14.4. The van der Waals surface area contributed by atoms with Crippen LogP contribution in [0.4, 0.5) is 33.4 Å². The Kier molecular flexibility index (Phi) is 9.45. The van der Waals surface area contributed by atoms with Crippen molar-refractivity contribution in [3.05, 3.63) is 123 Å². The maximum absolute atomic E-state index is 2.80. The number of rotatable bonds is 2. The van der Waals surface area contributed by atoms with Gasteiger partial charge in [-0.3, -0.25) is 0 Å². The van der Waals surface area contributed by atoms with Crippen molar-refractivity contribution in [3.8, 4) is 0 Å². The SMILES string of the molecule is CC(C)(C)c1cc2c3c(c1)N(c1ccc4c(c1)C(C)(C)CCC4(C)C)c1sc4cc5c(cc4c1B3c1cc3c(cc1N2c1ccc2c(c1)C(C)(C)CCC2(C)C)C(C)(C)CCC3(C)C)C1(C)CCC5(C)CC1. The van der Waals surface area contributed by atoms with Crippen LogP contribution in [0.25, 0.3) is 10.1 Å². The molecule has 6 aliphatic carbocycles. The fourth-order valence-electron chi connectivity index (χ4n) is 15.9. The summed E-state index contributed by atoms with van der Waals surface area (Å²) in [5, 5.41) is 2.92. The minimum atomic E-state index is -0.0894. The molecule has 0 radical (unpaired) electrons. The Morgan fingerprint density at radius 2 is 0.819 bits per heavy atom. The lowest BCUT2D eigenvalue weighted by Gasteiger charge is -2.52. The highest BCUT2D eigenvalue weighted by atomic mass is 32.1. The van der Waals surface area contributed by atoms with Crippen molar-refractivity contribution in [2.75, 3.05) is 9.80 Å². The minimum absolute atomic E-state index is 0.0639. The fraction of sp³-hybridized carbons (Fsp3) is 0.529. The van der Waals surface area contributed by atoms with Gasteiger partial charge in [0.15, 0.2) is 0 Å². The fourth-order valence-corrected chi connectivity index (χ4v) is 17.2. The van der Waals surface area contributed by atoms with Crippen LogP contribution in [0.2, 0.25) is 0 Å². The molecule has 0 atom stereocenters. The first-order chi connectivity index (χ1) is 33.4. The number of nitrogens with zero attached hydrogens (tertiary/aromatic N) is 2. The minimum Gasteiger partial charge on any atom is -0.311 e. The van der Waals surface area contributed by atoms with Gasteiger partial charge in [-0.1, -0.05) is 136 Å². The number of thiophene rings is 1. The van der Waals surface area contributed by atoms with Crippen LogP contribution in [0.5, 0.6) is 0 Å². The molecule has 14 rings (SSSR count). The molecule has 0 unspecified atom stereocenters. The number of hydrogen-bond donors (Lipinski definition) is 0. The number of benzene rings is 5. The summed E-state index contributed by atoms with van der Waals surface area (Å²) in [6, 6.07) is 31.7. The van der Waals surface area contributed by atoms with E-state index in [2.05, 4.69) is 212 Å². The molecule has 5 aromatic carbocycles. The highest BCUT2D eigenvalue weighted by molar-refractivity contribution is 7.26. The van der Waals surface area contributed by atoms with Crippen LogP contribution in [0.1, 0.15) is 232 Å². The maximum Gasteiger partial charge on any atom is 0.254 e. The molecule has 2 nitrogen and oxygen atoms in total. The molecular formula is C68H83BN2S. The van der Waals surface area contributed by atoms with Crippen molar-refractivity contribution < 1.29 is 0 Å². The first-order valence-electron chi connectivity index (χ1n) is 28.3. The molecule has 2 bridgehead atoms. The van der Waals surface area contributed by atoms with E-state index < -0.39 is 0 Å². The second-order valence-electron chi connectivity index (χ2n) is 30.3. The van der Waals surface area contributed by atoms with Gasteiger partial charge in [0.25, 0.3) is 6.71 Å². The van der Waals surface area contributed by atoms with Crippen molar-refractivity contribution in [2.24, 2.45) is 0 Å². The third-order valence-electron chi connectivity index (χ3n) is 21.6. The lowest BCUT2D eigenvalue weighted by molar-refractivity contribution is 0.188. The molecule has 374 valence electrons. The Morgan fingerprint density at radius 1 is 0.403 bits per heavy atom. The maximum atomic E-state index is 2.80. The third-order valence-corrected chi connectivity index (χ3v) is 22.8. The number of anilines is 6. The smallest absolute Gasteiger partial charge is 0.254 e. The summed E-state index contributed by atoms with van der Waals surface area (Å²) in [4.78, 5) is 5.58. The van der Waals surface area contributed by atoms with Gasteiger partial charge in [-0.25, -0.2) is 0 Å². The molecule has 2 aliphatic heterocycles. The van der Waals surface area contributed by atoms with Crippen molar-refractivity contribution in [2.45, 2.75) is 231 Å². The quantitative estimate of drug-likeness (QED) is 0.159. The summed E-state index contributed by atoms with van der Waals surface area (Å²) in [6.45, 7) is 42.6. The zero-order valence-electron chi connectivity index (χ0n) is 47.4. The molecule has 0 N–H and O–H groups in total. The molecule has 3 heterocycles. The van der Waals surface area contributed by atoms with Crippen molar-refractivity contribution >= 4 is 78.0 Å². The van der Waals surface area contributed by atoms with Crippen LogP contribution in [0, 0.1) is 0 Å². The van der Waals surface area contributed by atoms with E-state index >= 15 is 0 Å².